The van der Waals surface area contributed by atoms with Crippen LogP contribution in [0.5, 0.6) is 0 Å². The fraction of sp³-hybridized carbons (Fsp3) is 0.294. The lowest BCUT2D eigenvalue weighted by Gasteiger charge is -2.11. The monoisotopic (exact) mass is 373 g/mol. The van der Waals surface area contributed by atoms with Crippen LogP contribution in [0.15, 0.2) is 37.8 Å². The van der Waals surface area contributed by atoms with Crippen LogP contribution in [0.4, 0.5) is 5.69 Å². The van der Waals surface area contributed by atoms with Crippen LogP contribution < -0.4 is 16.6 Å². The van der Waals surface area contributed by atoms with Crippen molar-refractivity contribution in [2.24, 2.45) is 14.1 Å². The number of nitrogens with one attached hydrogen (secondary N) is 2. The molecule has 0 unspecified atom stereocenters. The van der Waals surface area contributed by atoms with Gasteiger partial charge in [-0.05, 0) is 30.3 Å². The number of benzene rings is 1. The molecule has 0 aliphatic carbocycles. The molecule has 0 saturated heterocycles. The van der Waals surface area contributed by atoms with Crippen molar-refractivity contribution in [2.75, 3.05) is 5.32 Å². The van der Waals surface area contributed by atoms with Gasteiger partial charge in [-0.25, -0.2) is 9.78 Å². The van der Waals surface area contributed by atoms with Gasteiger partial charge in [0, 0.05) is 25.4 Å². The van der Waals surface area contributed by atoms with Crippen molar-refractivity contribution in [3.05, 3.63) is 44.6 Å². The first-order chi connectivity index (χ1) is 12.3. The van der Waals surface area contributed by atoms with Crippen molar-refractivity contribution in [3.63, 3.8) is 0 Å². The van der Waals surface area contributed by atoms with E-state index in [1.807, 2.05) is 25.1 Å². The second-order valence-electron chi connectivity index (χ2n) is 5.90. The molecule has 3 aromatic rings. The van der Waals surface area contributed by atoms with Crippen LogP contribution in [0.2, 0.25) is 0 Å². The van der Waals surface area contributed by atoms with E-state index in [-0.39, 0.29) is 11.4 Å². The van der Waals surface area contributed by atoms with Crippen LogP contribution >= 0.6 is 11.8 Å². The Bertz CT molecular complexity index is 1130. The lowest BCUT2D eigenvalue weighted by Crippen LogP contribution is -2.36. The van der Waals surface area contributed by atoms with E-state index in [1.165, 1.54) is 23.4 Å². The van der Waals surface area contributed by atoms with E-state index < -0.39 is 11.2 Å². The number of imidazole rings is 1. The van der Waals surface area contributed by atoms with Crippen LogP contribution in [-0.4, -0.2) is 25.0 Å². The summed E-state index contributed by atoms with van der Waals surface area (Å²) in [6.07, 6.45) is 0.376. The van der Waals surface area contributed by atoms with E-state index in [1.54, 1.807) is 14.0 Å². The Hall–Kier alpha value is -2.81. The number of fused-ring (bicyclic) bond motifs is 1. The van der Waals surface area contributed by atoms with E-state index in [4.69, 9.17) is 0 Å². The summed E-state index contributed by atoms with van der Waals surface area (Å²) in [6.45, 7) is 3.72. The predicted molar refractivity (Wildman–Crippen MR) is 101 cm³/mol. The number of aryl methyl sites for hydroxylation is 2. The maximum absolute atomic E-state index is 12.3. The lowest BCUT2D eigenvalue weighted by atomic mass is 10.2. The minimum atomic E-state index is -0.433. The van der Waals surface area contributed by atoms with Crippen molar-refractivity contribution in [2.45, 2.75) is 30.3 Å². The van der Waals surface area contributed by atoms with Crippen molar-refractivity contribution in [1.82, 2.24) is 19.1 Å². The second kappa shape index (κ2) is 6.83. The molecule has 0 fully saturated rings. The first kappa shape index (κ1) is 18.0. The summed E-state index contributed by atoms with van der Waals surface area (Å²) >= 11 is 1.30. The van der Waals surface area contributed by atoms with Crippen molar-refractivity contribution < 1.29 is 4.79 Å². The van der Waals surface area contributed by atoms with Gasteiger partial charge in [0.05, 0.1) is 5.69 Å². The largest absolute Gasteiger partial charge is 0.332 e. The molecule has 1 amide bonds. The van der Waals surface area contributed by atoms with Gasteiger partial charge < -0.3 is 10.3 Å². The van der Waals surface area contributed by atoms with Crippen molar-refractivity contribution in [3.8, 4) is 0 Å². The quantitative estimate of drug-likeness (QED) is 0.726. The van der Waals surface area contributed by atoms with E-state index in [0.29, 0.717) is 22.9 Å². The first-order valence-electron chi connectivity index (χ1n) is 8.06. The molecule has 8 nitrogen and oxygen atoms in total. The zero-order valence-electron chi connectivity index (χ0n) is 14.9. The summed E-state index contributed by atoms with van der Waals surface area (Å²) in [5.41, 5.74) is 1.36. The summed E-state index contributed by atoms with van der Waals surface area (Å²) in [5, 5.41) is 3.35. The number of amides is 1. The standard InChI is InChI=1S/C17H19N5O3S/c1-5-11(23)18-10-8-6-7-9(2)13(10)26-16-19-12-14(20-16)21(3)17(25)22(4)15(12)24/h6-8H,5H2,1-4H3,(H,18,23)(H,19,20). The molecule has 2 N–H and O–H groups in total. The van der Waals surface area contributed by atoms with Crippen molar-refractivity contribution >= 4 is 34.5 Å². The number of carbonyl (C=O) groups is 1. The molecule has 0 saturated carbocycles. The van der Waals surface area contributed by atoms with Gasteiger partial charge >= 0.3 is 5.69 Å². The third-order valence-electron chi connectivity index (χ3n) is 4.08. The van der Waals surface area contributed by atoms with E-state index in [9.17, 15) is 14.4 Å². The highest BCUT2D eigenvalue weighted by Crippen LogP contribution is 2.35. The number of H-pyrrole nitrogens is 1. The fourth-order valence-corrected chi connectivity index (χ4v) is 3.51. The van der Waals surface area contributed by atoms with Crippen molar-refractivity contribution in [1.29, 1.82) is 0 Å². The Balaban J connectivity index is 2.09. The van der Waals surface area contributed by atoms with E-state index in [0.717, 1.165) is 15.0 Å². The van der Waals surface area contributed by atoms with Gasteiger partial charge in [-0.15, -0.1) is 0 Å². The fourth-order valence-electron chi connectivity index (χ4n) is 2.57. The molecule has 0 bridgehead atoms. The number of carbonyl (C=O) groups excluding carboxylic acids is 1. The third-order valence-corrected chi connectivity index (χ3v) is 5.21. The van der Waals surface area contributed by atoms with Crippen LogP contribution in [0.25, 0.3) is 11.2 Å². The van der Waals surface area contributed by atoms with Gasteiger partial charge in [0.2, 0.25) is 5.91 Å². The number of hydrogen-bond donors (Lipinski definition) is 2. The molecule has 9 heteroatoms. The molecule has 0 radical (unpaired) electrons. The summed E-state index contributed by atoms with van der Waals surface area (Å²) in [4.78, 5) is 44.3. The molecule has 2 heterocycles. The number of anilines is 1. The Morgan fingerprint density at radius 3 is 2.69 bits per heavy atom. The highest BCUT2D eigenvalue weighted by molar-refractivity contribution is 7.99. The summed E-state index contributed by atoms with van der Waals surface area (Å²) in [6, 6.07) is 5.62. The summed E-state index contributed by atoms with van der Waals surface area (Å²) in [5.74, 6) is -0.0849. The van der Waals surface area contributed by atoms with E-state index in [2.05, 4.69) is 15.3 Å². The number of aromatic nitrogens is 4. The van der Waals surface area contributed by atoms with Crippen LogP contribution in [0.3, 0.4) is 0 Å². The maximum atomic E-state index is 12.3. The highest BCUT2D eigenvalue weighted by atomic mass is 32.2. The second-order valence-corrected chi connectivity index (χ2v) is 6.90. The number of hydrogen-bond acceptors (Lipinski definition) is 5. The zero-order valence-corrected chi connectivity index (χ0v) is 15.7. The topological polar surface area (TPSA) is 102 Å². The molecular weight excluding hydrogens is 354 g/mol. The van der Waals surface area contributed by atoms with E-state index >= 15 is 0 Å². The van der Waals surface area contributed by atoms with Gasteiger partial charge in [0.25, 0.3) is 5.56 Å². The minimum Gasteiger partial charge on any atom is -0.327 e. The Morgan fingerprint density at radius 2 is 2.00 bits per heavy atom. The van der Waals surface area contributed by atoms with Gasteiger partial charge in [0.1, 0.15) is 0 Å². The summed E-state index contributed by atoms with van der Waals surface area (Å²) < 4.78 is 2.37. The molecule has 0 aliphatic heterocycles. The smallest absolute Gasteiger partial charge is 0.327 e. The number of rotatable bonds is 4. The highest BCUT2D eigenvalue weighted by Gasteiger charge is 2.16. The predicted octanol–water partition coefficient (Wildman–Crippen LogP) is 1.77. The molecule has 2 aromatic heterocycles. The number of aromatic amines is 1. The van der Waals surface area contributed by atoms with Crippen LogP contribution in [0.1, 0.15) is 18.9 Å². The number of nitrogens with zero attached hydrogens (tertiary/aromatic N) is 3. The van der Waals surface area contributed by atoms with Gasteiger partial charge in [0.15, 0.2) is 16.3 Å². The van der Waals surface area contributed by atoms with Gasteiger partial charge in [-0.1, -0.05) is 19.1 Å². The first-order valence-corrected chi connectivity index (χ1v) is 8.88. The maximum Gasteiger partial charge on any atom is 0.332 e. The average Bonchev–Trinajstić information content (AvgIpc) is 3.05. The molecular formula is C17H19N5O3S. The minimum absolute atomic E-state index is 0.0849. The Kier molecular flexibility index (Phi) is 4.73. The zero-order chi connectivity index (χ0) is 19.0. The molecule has 26 heavy (non-hydrogen) atoms. The Morgan fingerprint density at radius 1 is 1.27 bits per heavy atom. The molecule has 136 valence electrons. The van der Waals surface area contributed by atoms with Gasteiger partial charge in [-0.2, -0.15) is 0 Å². The summed E-state index contributed by atoms with van der Waals surface area (Å²) in [7, 11) is 3.00. The molecule has 3 rings (SSSR count). The molecule has 0 atom stereocenters. The molecule has 0 spiro atoms. The molecule has 0 aliphatic rings. The average molecular weight is 373 g/mol. The normalized spacial score (nSPS) is 11.1. The SMILES string of the molecule is CCC(=O)Nc1cccc(C)c1Sc1nc2c([nH]1)c(=O)n(C)c(=O)n2C. The molecule has 1 aromatic carbocycles. The lowest BCUT2D eigenvalue weighted by molar-refractivity contribution is -0.115. The van der Waals surface area contributed by atoms with Crippen LogP contribution in [-0.2, 0) is 18.9 Å². The van der Waals surface area contributed by atoms with Gasteiger partial charge in [-0.3, -0.25) is 18.7 Å². The Labute approximate surface area is 153 Å². The van der Waals surface area contributed by atoms with Crippen LogP contribution in [0, 0.1) is 6.92 Å². The third kappa shape index (κ3) is 3.05.